The number of imidazole rings is 1. The number of aromatic amines is 1. The lowest BCUT2D eigenvalue weighted by Gasteiger charge is -2.03. The summed E-state index contributed by atoms with van der Waals surface area (Å²) in [5.74, 6) is 0.987. The Hall–Kier alpha value is -3.13. The highest BCUT2D eigenvalue weighted by Crippen LogP contribution is 2.21. The van der Waals surface area contributed by atoms with Crippen LogP contribution in [-0.4, -0.2) is 9.97 Å². The first-order valence-corrected chi connectivity index (χ1v) is 8.12. The Morgan fingerprint density at radius 3 is 1.88 bits per heavy atom. The standard InChI is InChI=1S/C22H18N2/c1-3-7-18(8-4-1)19-13-11-17(12-14-19)15-22-23-16-21(24-22)20-9-5-2-6-10-20/h1-14,16H,15H2,(H,23,24). The highest BCUT2D eigenvalue weighted by atomic mass is 14.9. The quantitative estimate of drug-likeness (QED) is 0.542. The van der Waals surface area contributed by atoms with Crippen molar-refractivity contribution in [3.63, 3.8) is 0 Å². The molecule has 0 fully saturated rings. The molecule has 4 rings (SSSR count). The molecule has 24 heavy (non-hydrogen) atoms. The fourth-order valence-corrected chi connectivity index (χ4v) is 2.86. The van der Waals surface area contributed by atoms with Crippen molar-refractivity contribution >= 4 is 0 Å². The Labute approximate surface area is 141 Å². The number of hydrogen-bond acceptors (Lipinski definition) is 1. The van der Waals surface area contributed by atoms with E-state index in [4.69, 9.17) is 0 Å². The Morgan fingerprint density at radius 1 is 0.625 bits per heavy atom. The molecule has 0 saturated carbocycles. The molecule has 0 radical (unpaired) electrons. The van der Waals surface area contributed by atoms with Crippen molar-refractivity contribution in [2.24, 2.45) is 0 Å². The Balaban J connectivity index is 1.51. The molecule has 0 saturated heterocycles. The fraction of sp³-hybridized carbons (Fsp3) is 0.0455. The molecule has 1 heterocycles. The number of aromatic nitrogens is 2. The van der Waals surface area contributed by atoms with Crippen LogP contribution in [0.15, 0.2) is 91.1 Å². The van der Waals surface area contributed by atoms with Crippen LogP contribution in [0.3, 0.4) is 0 Å². The van der Waals surface area contributed by atoms with Crippen LogP contribution in [0.4, 0.5) is 0 Å². The largest absolute Gasteiger partial charge is 0.342 e. The van der Waals surface area contributed by atoms with Crippen molar-refractivity contribution in [1.82, 2.24) is 9.97 Å². The lowest BCUT2D eigenvalue weighted by atomic mass is 10.0. The maximum Gasteiger partial charge on any atom is 0.110 e. The van der Waals surface area contributed by atoms with Gasteiger partial charge in [-0.25, -0.2) is 4.98 Å². The molecule has 1 N–H and O–H groups in total. The molecule has 2 heteroatoms. The molecular weight excluding hydrogens is 292 g/mol. The SMILES string of the molecule is c1ccc(-c2ccc(Cc3ncc(-c4ccccc4)[nH]3)cc2)cc1. The van der Waals surface area contributed by atoms with Gasteiger partial charge >= 0.3 is 0 Å². The van der Waals surface area contributed by atoms with Gasteiger partial charge in [-0.1, -0.05) is 84.9 Å². The number of hydrogen-bond donors (Lipinski definition) is 1. The van der Waals surface area contributed by atoms with E-state index in [-0.39, 0.29) is 0 Å². The van der Waals surface area contributed by atoms with Crippen LogP contribution in [0.5, 0.6) is 0 Å². The first kappa shape index (κ1) is 14.5. The fourth-order valence-electron chi connectivity index (χ4n) is 2.86. The molecule has 0 unspecified atom stereocenters. The van der Waals surface area contributed by atoms with Gasteiger partial charge in [-0.15, -0.1) is 0 Å². The molecule has 116 valence electrons. The minimum Gasteiger partial charge on any atom is -0.342 e. The third-order valence-corrected chi connectivity index (χ3v) is 4.15. The molecule has 2 nitrogen and oxygen atoms in total. The van der Waals surface area contributed by atoms with E-state index in [1.54, 1.807) is 0 Å². The van der Waals surface area contributed by atoms with Crippen LogP contribution in [-0.2, 0) is 6.42 Å². The second-order valence-corrected chi connectivity index (χ2v) is 5.85. The first-order valence-electron chi connectivity index (χ1n) is 8.12. The maximum absolute atomic E-state index is 4.51. The average molecular weight is 310 g/mol. The highest BCUT2D eigenvalue weighted by molar-refractivity contribution is 5.63. The molecule has 0 spiro atoms. The number of nitrogens with zero attached hydrogens (tertiary/aromatic N) is 1. The third-order valence-electron chi connectivity index (χ3n) is 4.15. The van der Waals surface area contributed by atoms with Crippen LogP contribution in [0.2, 0.25) is 0 Å². The van der Waals surface area contributed by atoms with Gasteiger partial charge in [0, 0.05) is 6.42 Å². The average Bonchev–Trinajstić information content (AvgIpc) is 3.12. The van der Waals surface area contributed by atoms with Crippen LogP contribution in [0, 0.1) is 0 Å². The zero-order chi connectivity index (χ0) is 16.2. The molecule has 3 aromatic carbocycles. The summed E-state index contributed by atoms with van der Waals surface area (Å²) in [6, 6.07) is 29.4. The van der Waals surface area contributed by atoms with Gasteiger partial charge < -0.3 is 4.98 Å². The van der Waals surface area contributed by atoms with Gasteiger partial charge in [0.2, 0.25) is 0 Å². The van der Waals surface area contributed by atoms with Gasteiger partial charge in [-0.2, -0.15) is 0 Å². The van der Waals surface area contributed by atoms with E-state index in [0.717, 1.165) is 23.5 Å². The second kappa shape index (κ2) is 6.55. The molecular formula is C22H18N2. The molecule has 0 aliphatic rings. The lowest BCUT2D eigenvalue weighted by molar-refractivity contribution is 1.03. The maximum atomic E-state index is 4.51. The molecule has 0 bridgehead atoms. The van der Waals surface area contributed by atoms with Crippen molar-refractivity contribution in [3.05, 3.63) is 103 Å². The van der Waals surface area contributed by atoms with Gasteiger partial charge in [-0.3, -0.25) is 0 Å². The molecule has 0 aliphatic heterocycles. The van der Waals surface area contributed by atoms with E-state index in [1.165, 1.54) is 16.7 Å². The van der Waals surface area contributed by atoms with Crippen molar-refractivity contribution in [1.29, 1.82) is 0 Å². The summed E-state index contributed by atoms with van der Waals surface area (Å²) in [7, 11) is 0. The predicted octanol–water partition coefficient (Wildman–Crippen LogP) is 5.33. The van der Waals surface area contributed by atoms with E-state index in [2.05, 4.69) is 70.6 Å². The van der Waals surface area contributed by atoms with Crippen LogP contribution < -0.4 is 0 Å². The summed E-state index contributed by atoms with van der Waals surface area (Å²) >= 11 is 0. The zero-order valence-electron chi connectivity index (χ0n) is 13.3. The Morgan fingerprint density at radius 2 is 1.21 bits per heavy atom. The minimum absolute atomic E-state index is 0.807. The monoisotopic (exact) mass is 310 g/mol. The van der Waals surface area contributed by atoms with Gasteiger partial charge in [0.25, 0.3) is 0 Å². The molecule has 0 atom stereocenters. The Kier molecular flexibility index (Phi) is 3.95. The number of nitrogens with one attached hydrogen (secondary N) is 1. The van der Waals surface area contributed by atoms with Crippen molar-refractivity contribution in [2.45, 2.75) is 6.42 Å². The van der Waals surface area contributed by atoms with Crippen molar-refractivity contribution < 1.29 is 0 Å². The van der Waals surface area contributed by atoms with Crippen molar-refractivity contribution in [2.75, 3.05) is 0 Å². The summed E-state index contributed by atoms with van der Waals surface area (Å²) in [6.07, 6.45) is 2.71. The van der Waals surface area contributed by atoms with E-state index in [0.29, 0.717) is 0 Å². The van der Waals surface area contributed by atoms with Crippen molar-refractivity contribution in [3.8, 4) is 22.4 Å². The summed E-state index contributed by atoms with van der Waals surface area (Å²) in [5.41, 5.74) is 5.96. The first-order chi connectivity index (χ1) is 11.9. The van der Waals surface area contributed by atoms with E-state index in [1.807, 2.05) is 30.5 Å². The molecule has 0 aliphatic carbocycles. The molecule has 0 amide bonds. The van der Waals surface area contributed by atoms with E-state index >= 15 is 0 Å². The third kappa shape index (κ3) is 3.13. The predicted molar refractivity (Wildman–Crippen MR) is 98.7 cm³/mol. The van der Waals surface area contributed by atoms with E-state index < -0.39 is 0 Å². The van der Waals surface area contributed by atoms with Crippen LogP contribution in [0.25, 0.3) is 22.4 Å². The van der Waals surface area contributed by atoms with Gasteiger partial charge in [0.05, 0.1) is 11.9 Å². The summed E-state index contributed by atoms with van der Waals surface area (Å²) in [5, 5.41) is 0. The minimum atomic E-state index is 0.807. The number of rotatable bonds is 4. The summed E-state index contributed by atoms with van der Waals surface area (Å²) in [6.45, 7) is 0. The van der Waals surface area contributed by atoms with Gasteiger partial charge in [-0.05, 0) is 22.3 Å². The second-order valence-electron chi connectivity index (χ2n) is 5.85. The van der Waals surface area contributed by atoms with Gasteiger partial charge in [0.1, 0.15) is 5.82 Å². The summed E-state index contributed by atoms with van der Waals surface area (Å²) < 4.78 is 0. The van der Waals surface area contributed by atoms with Gasteiger partial charge in [0.15, 0.2) is 0 Å². The Bertz CT molecular complexity index is 907. The topological polar surface area (TPSA) is 28.7 Å². The number of H-pyrrole nitrogens is 1. The normalized spacial score (nSPS) is 10.7. The lowest BCUT2D eigenvalue weighted by Crippen LogP contribution is -1.91. The van der Waals surface area contributed by atoms with Crippen LogP contribution in [0.1, 0.15) is 11.4 Å². The molecule has 4 aromatic rings. The zero-order valence-corrected chi connectivity index (χ0v) is 13.3. The smallest absolute Gasteiger partial charge is 0.110 e. The summed E-state index contributed by atoms with van der Waals surface area (Å²) in [4.78, 5) is 7.93. The number of benzene rings is 3. The van der Waals surface area contributed by atoms with E-state index in [9.17, 15) is 0 Å². The highest BCUT2D eigenvalue weighted by Gasteiger charge is 2.04. The van der Waals surface area contributed by atoms with Crippen LogP contribution >= 0.6 is 0 Å². The molecule has 1 aromatic heterocycles.